The maximum atomic E-state index is 12.9. The Kier molecular flexibility index (Phi) is 7.16. The fraction of sp³-hybridized carbons (Fsp3) is 0.579. The number of rotatable bonds is 7. The summed E-state index contributed by atoms with van der Waals surface area (Å²) in [6, 6.07) is 8.02. The van der Waals surface area contributed by atoms with Gasteiger partial charge in [0.05, 0.1) is 0 Å². The van der Waals surface area contributed by atoms with E-state index in [0.29, 0.717) is 18.8 Å². The van der Waals surface area contributed by atoms with Gasteiger partial charge in [0.25, 0.3) is 0 Å². The molecule has 1 aliphatic heterocycles. The summed E-state index contributed by atoms with van der Waals surface area (Å²) in [7, 11) is 0. The van der Waals surface area contributed by atoms with Crippen molar-refractivity contribution in [3.63, 3.8) is 0 Å². The molecule has 1 aromatic carbocycles. The lowest BCUT2D eigenvalue weighted by Gasteiger charge is -2.24. The molecule has 0 aliphatic carbocycles. The quantitative estimate of drug-likeness (QED) is 0.824. The van der Waals surface area contributed by atoms with Gasteiger partial charge in [-0.25, -0.2) is 0 Å². The highest BCUT2D eigenvalue weighted by Gasteiger charge is 2.32. The van der Waals surface area contributed by atoms with Gasteiger partial charge in [-0.15, -0.1) is 0 Å². The second kappa shape index (κ2) is 9.11. The molecule has 24 heavy (non-hydrogen) atoms. The number of nitrogens with one attached hydrogen (secondary N) is 1. The fourth-order valence-electron chi connectivity index (χ4n) is 3.27. The van der Waals surface area contributed by atoms with Crippen LogP contribution in [0.15, 0.2) is 24.3 Å². The molecular formula is C19H28N2O2S. The summed E-state index contributed by atoms with van der Waals surface area (Å²) in [5.41, 5.74) is 2.63. The number of amides is 2. The highest BCUT2D eigenvalue weighted by atomic mass is 32.2. The van der Waals surface area contributed by atoms with Gasteiger partial charge in [-0.1, -0.05) is 31.2 Å². The van der Waals surface area contributed by atoms with E-state index in [1.54, 1.807) is 11.8 Å². The molecule has 1 fully saturated rings. The van der Waals surface area contributed by atoms with Crippen molar-refractivity contribution in [3.8, 4) is 0 Å². The Hall–Kier alpha value is -1.49. The Labute approximate surface area is 149 Å². The molecule has 0 spiro atoms. The van der Waals surface area contributed by atoms with Gasteiger partial charge in [0.15, 0.2) is 0 Å². The second-order valence-corrected chi connectivity index (χ2v) is 7.37. The SMILES string of the molecule is CCC(=O)N[C@@H](CCSC)C(=O)N1CC[C@H](c2ccccc2C)C1. The summed E-state index contributed by atoms with van der Waals surface area (Å²) in [4.78, 5) is 26.5. The van der Waals surface area contributed by atoms with Crippen LogP contribution in [0.25, 0.3) is 0 Å². The van der Waals surface area contributed by atoms with E-state index in [-0.39, 0.29) is 17.9 Å². The Morgan fingerprint density at radius 3 is 2.79 bits per heavy atom. The minimum Gasteiger partial charge on any atom is -0.344 e. The summed E-state index contributed by atoms with van der Waals surface area (Å²) < 4.78 is 0. The minimum atomic E-state index is -0.388. The summed E-state index contributed by atoms with van der Waals surface area (Å²) in [6.45, 7) is 5.47. The third-order valence-electron chi connectivity index (χ3n) is 4.69. The molecule has 1 aliphatic rings. The molecule has 2 amide bonds. The molecule has 1 heterocycles. The van der Waals surface area contributed by atoms with Crippen molar-refractivity contribution in [2.24, 2.45) is 0 Å². The van der Waals surface area contributed by atoms with Crippen LogP contribution in [-0.2, 0) is 9.59 Å². The third kappa shape index (κ3) is 4.76. The summed E-state index contributed by atoms with van der Waals surface area (Å²) in [5.74, 6) is 1.29. The van der Waals surface area contributed by atoms with Crippen molar-refractivity contribution in [3.05, 3.63) is 35.4 Å². The highest BCUT2D eigenvalue weighted by Crippen LogP contribution is 2.29. The van der Waals surface area contributed by atoms with Crippen molar-refractivity contribution in [1.29, 1.82) is 0 Å². The van der Waals surface area contributed by atoms with E-state index in [9.17, 15) is 9.59 Å². The molecule has 1 aromatic rings. The lowest BCUT2D eigenvalue weighted by atomic mass is 9.94. The number of hydrogen-bond donors (Lipinski definition) is 1. The van der Waals surface area contributed by atoms with Gasteiger partial charge in [0.1, 0.15) is 6.04 Å². The normalized spacial score (nSPS) is 18.5. The molecule has 4 nitrogen and oxygen atoms in total. The maximum Gasteiger partial charge on any atom is 0.245 e. The molecule has 1 saturated heterocycles. The van der Waals surface area contributed by atoms with E-state index in [1.807, 2.05) is 18.1 Å². The zero-order chi connectivity index (χ0) is 17.5. The van der Waals surface area contributed by atoms with Crippen molar-refractivity contribution >= 4 is 23.6 Å². The standard InChI is InChI=1S/C19H28N2O2S/c1-4-18(22)20-17(10-12-24-3)19(23)21-11-9-15(13-21)16-8-6-5-7-14(16)2/h5-8,15,17H,4,9-13H2,1-3H3,(H,20,22)/t15-,17-/m0/s1. The van der Waals surface area contributed by atoms with Crippen LogP contribution in [0.2, 0.25) is 0 Å². The van der Waals surface area contributed by atoms with E-state index >= 15 is 0 Å². The first kappa shape index (κ1) is 18.8. The van der Waals surface area contributed by atoms with Crippen molar-refractivity contribution in [2.75, 3.05) is 25.1 Å². The second-order valence-electron chi connectivity index (χ2n) is 6.38. The van der Waals surface area contributed by atoms with E-state index in [0.717, 1.165) is 25.3 Å². The fourth-order valence-corrected chi connectivity index (χ4v) is 3.74. The van der Waals surface area contributed by atoms with Crippen molar-refractivity contribution in [2.45, 2.75) is 45.1 Å². The number of likely N-dealkylation sites (tertiary alicyclic amines) is 1. The Morgan fingerprint density at radius 2 is 2.12 bits per heavy atom. The van der Waals surface area contributed by atoms with E-state index < -0.39 is 0 Å². The molecule has 0 aromatic heterocycles. The molecule has 1 N–H and O–H groups in total. The van der Waals surface area contributed by atoms with Crippen LogP contribution in [-0.4, -0.2) is 47.9 Å². The van der Waals surface area contributed by atoms with Crippen molar-refractivity contribution in [1.82, 2.24) is 10.2 Å². The van der Waals surface area contributed by atoms with Gasteiger partial charge in [-0.2, -0.15) is 11.8 Å². The van der Waals surface area contributed by atoms with E-state index in [2.05, 4.69) is 36.5 Å². The van der Waals surface area contributed by atoms with Gasteiger partial charge in [-0.05, 0) is 42.9 Å². The summed E-state index contributed by atoms with van der Waals surface area (Å²) >= 11 is 1.70. The number of aryl methyl sites for hydroxylation is 1. The number of thioether (sulfide) groups is 1. The smallest absolute Gasteiger partial charge is 0.245 e. The van der Waals surface area contributed by atoms with E-state index in [4.69, 9.17) is 0 Å². The molecule has 2 atom stereocenters. The lowest BCUT2D eigenvalue weighted by molar-refractivity contribution is -0.135. The predicted molar refractivity (Wildman–Crippen MR) is 100 cm³/mol. The molecule has 132 valence electrons. The number of carbonyl (C=O) groups excluding carboxylic acids is 2. The van der Waals surface area contributed by atoms with Gasteiger partial charge in [0.2, 0.25) is 11.8 Å². The van der Waals surface area contributed by atoms with Crippen LogP contribution in [0.1, 0.15) is 43.2 Å². The topological polar surface area (TPSA) is 49.4 Å². The highest BCUT2D eigenvalue weighted by molar-refractivity contribution is 7.98. The number of nitrogens with zero attached hydrogens (tertiary/aromatic N) is 1. The monoisotopic (exact) mass is 348 g/mol. The average Bonchev–Trinajstić information content (AvgIpc) is 3.07. The van der Waals surface area contributed by atoms with E-state index in [1.165, 1.54) is 11.1 Å². The minimum absolute atomic E-state index is 0.0518. The first-order valence-electron chi connectivity index (χ1n) is 8.69. The molecular weight excluding hydrogens is 320 g/mol. The van der Waals surface area contributed by atoms with Crippen molar-refractivity contribution < 1.29 is 9.59 Å². The molecule has 0 unspecified atom stereocenters. The van der Waals surface area contributed by atoms with Crippen LogP contribution < -0.4 is 5.32 Å². The number of carbonyl (C=O) groups is 2. The van der Waals surface area contributed by atoms with Gasteiger partial charge < -0.3 is 10.2 Å². The number of benzene rings is 1. The van der Waals surface area contributed by atoms with Crippen LogP contribution in [0.3, 0.4) is 0 Å². The Bertz CT molecular complexity index is 576. The van der Waals surface area contributed by atoms with Gasteiger partial charge in [0, 0.05) is 25.4 Å². The number of hydrogen-bond acceptors (Lipinski definition) is 3. The average molecular weight is 349 g/mol. The Morgan fingerprint density at radius 1 is 1.38 bits per heavy atom. The molecule has 5 heteroatoms. The zero-order valence-electron chi connectivity index (χ0n) is 14.9. The summed E-state index contributed by atoms with van der Waals surface area (Å²) in [6.07, 6.45) is 4.12. The largest absolute Gasteiger partial charge is 0.344 e. The molecule has 2 rings (SSSR count). The van der Waals surface area contributed by atoms with Gasteiger partial charge in [-0.3, -0.25) is 9.59 Å². The van der Waals surface area contributed by atoms with Crippen LogP contribution in [0.5, 0.6) is 0 Å². The molecule has 0 saturated carbocycles. The van der Waals surface area contributed by atoms with Crippen LogP contribution in [0.4, 0.5) is 0 Å². The first-order valence-corrected chi connectivity index (χ1v) is 10.1. The predicted octanol–water partition coefficient (Wildman–Crippen LogP) is 2.96. The lowest BCUT2D eigenvalue weighted by Crippen LogP contribution is -2.48. The molecule has 0 radical (unpaired) electrons. The molecule has 0 bridgehead atoms. The Balaban J connectivity index is 2.02. The van der Waals surface area contributed by atoms with Gasteiger partial charge >= 0.3 is 0 Å². The first-order chi connectivity index (χ1) is 11.6. The van der Waals surface area contributed by atoms with Crippen LogP contribution in [0, 0.1) is 6.92 Å². The van der Waals surface area contributed by atoms with Crippen LogP contribution >= 0.6 is 11.8 Å². The zero-order valence-corrected chi connectivity index (χ0v) is 15.7. The maximum absolute atomic E-state index is 12.9. The summed E-state index contributed by atoms with van der Waals surface area (Å²) in [5, 5.41) is 2.90. The third-order valence-corrected chi connectivity index (χ3v) is 5.34.